The average molecular weight is 303 g/mol. The Balaban J connectivity index is 4.07. The van der Waals surface area contributed by atoms with Crippen LogP contribution in [-0.4, -0.2) is 21.3 Å². The Morgan fingerprint density at radius 1 is 0.800 bits per heavy atom. The second-order valence-electron chi connectivity index (χ2n) is 5.95. The van der Waals surface area contributed by atoms with E-state index >= 15 is 0 Å². The van der Waals surface area contributed by atoms with Crippen LogP contribution >= 0.6 is 0 Å². The van der Waals surface area contributed by atoms with Crippen molar-refractivity contribution in [2.75, 3.05) is 6.61 Å². The van der Waals surface area contributed by atoms with Gasteiger partial charge in [-0.05, 0) is 31.9 Å². The smallest absolute Gasteiger partial charge is 0.337 e. The minimum atomic E-state index is -1.93. The van der Waals surface area contributed by atoms with E-state index in [1.165, 1.54) is 51.4 Å². The molecule has 0 spiro atoms. The Morgan fingerprint density at radius 3 is 1.95 bits per heavy atom. The summed E-state index contributed by atoms with van der Waals surface area (Å²) in [5.74, 6) is 0. The summed E-state index contributed by atoms with van der Waals surface area (Å²) >= 11 is 0. The second kappa shape index (κ2) is 12.8. The molecule has 0 rings (SSSR count). The Morgan fingerprint density at radius 2 is 1.40 bits per heavy atom. The molecular weight excluding hydrogens is 264 g/mol. The first-order valence-corrected chi connectivity index (χ1v) is 11.2. The van der Waals surface area contributed by atoms with Crippen LogP contribution in [0.1, 0.15) is 86.0 Å². The first kappa shape index (κ1) is 20.1. The van der Waals surface area contributed by atoms with Crippen LogP contribution in [-0.2, 0) is 8.85 Å². The molecule has 0 aliphatic heterocycles. The summed E-state index contributed by atoms with van der Waals surface area (Å²) in [4.78, 5) is 0. The zero-order chi connectivity index (χ0) is 15.3. The van der Waals surface area contributed by atoms with Crippen LogP contribution in [0.4, 0.5) is 0 Å². The predicted octanol–water partition coefficient (Wildman–Crippen LogP) is 6.05. The molecule has 3 heteroatoms. The van der Waals surface area contributed by atoms with Crippen molar-refractivity contribution in [2.24, 2.45) is 0 Å². The van der Waals surface area contributed by atoms with Crippen molar-refractivity contribution in [3.05, 3.63) is 0 Å². The molecule has 0 aliphatic carbocycles. The molecule has 0 saturated heterocycles. The molecule has 122 valence electrons. The van der Waals surface area contributed by atoms with Crippen LogP contribution in [0.25, 0.3) is 0 Å². The summed E-state index contributed by atoms with van der Waals surface area (Å²) < 4.78 is 12.7. The van der Waals surface area contributed by atoms with Gasteiger partial charge in [0.1, 0.15) is 0 Å². The van der Waals surface area contributed by atoms with Crippen LogP contribution in [0.2, 0.25) is 12.1 Å². The van der Waals surface area contributed by atoms with E-state index in [4.69, 9.17) is 8.85 Å². The van der Waals surface area contributed by atoms with Crippen LogP contribution in [0.15, 0.2) is 0 Å². The molecule has 1 atom stereocenters. The number of hydrogen-bond acceptors (Lipinski definition) is 2. The maximum Gasteiger partial charge on any atom is 0.337 e. The fourth-order valence-corrected chi connectivity index (χ4v) is 5.23. The summed E-state index contributed by atoms with van der Waals surface area (Å²) in [7, 11) is -1.93. The first-order chi connectivity index (χ1) is 9.64. The molecule has 20 heavy (non-hydrogen) atoms. The fraction of sp³-hybridized carbons (Fsp3) is 1.00. The minimum Gasteiger partial charge on any atom is -0.394 e. The second-order valence-corrected chi connectivity index (χ2v) is 9.71. The SMILES string of the molecule is CCCCCCC(C)O[Si](CC)(CC)OCCCCC. The Kier molecular flexibility index (Phi) is 12.9. The Labute approximate surface area is 128 Å². The van der Waals surface area contributed by atoms with Gasteiger partial charge < -0.3 is 8.85 Å². The van der Waals surface area contributed by atoms with Crippen molar-refractivity contribution >= 4 is 8.56 Å². The lowest BCUT2D eigenvalue weighted by atomic mass is 10.1. The van der Waals surface area contributed by atoms with Gasteiger partial charge in [0.25, 0.3) is 0 Å². The van der Waals surface area contributed by atoms with Crippen LogP contribution in [0.5, 0.6) is 0 Å². The Hall–Kier alpha value is 0.137. The van der Waals surface area contributed by atoms with Gasteiger partial charge in [-0.3, -0.25) is 0 Å². The van der Waals surface area contributed by atoms with Gasteiger partial charge in [-0.15, -0.1) is 0 Å². The zero-order valence-electron chi connectivity index (χ0n) is 14.7. The molecule has 0 saturated carbocycles. The lowest BCUT2D eigenvalue weighted by molar-refractivity contribution is 0.114. The third kappa shape index (κ3) is 9.14. The normalized spacial score (nSPS) is 13.7. The molecule has 0 heterocycles. The summed E-state index contributed by atoms with van der Waals surface area (Å²) in [6.45, 7) is 12.1. The van der Waals surface area contributed by atoms with Gasteiger partial charge in [0.05, 0.1) is 0 Å². The molecular formula is C17H38O2Si. The van der Waals surface area contributed by atoms with E-state index in [2.05, 4.69) is 34.6 Å². The van der Waals surface area contributed by atoms with Crippen LogP contribution < -0.4 is 0 Å². The van der Waals surface area contributed by atoms with Crippen molar-refractivity contribution in [2.45, 2.75) is 104 Å². The fourth-order valence-electron chi connectivity index (χ4n) is 2.55. The molecule has 0 bridgehead atoms. The van der Waals surface area contributed by atoms with Gasteiger partial charge in [0.2, 0.25) is 0 Å². The summed E-state index contributed by atoms with van der Waals surface area (Å²) in [6.07, 6.45) is 10.5. The molecule has 0 fully saturated rings. The molecule has 0 aromatic carbocycles. The first-order valence-electron chi connectivity index (χ1n) is 8.95. The van der Waals surface area contributed by atoms with Crippen molar-refractivity contribution in [1.82, 2.24) is 0 Å². The summed E-state index contributed by atoms with van der Waals surface area (Å²) in [6, 6.07) is 2.16. The highest BCUT2D eigenvalue weighted by Crippen LogP contribution is 2.23. The molecule has 0 radical (unpaired) electrons. The molecule has 0 N–H and O–H groups in total. The number of hydrogen-bond donors (Lipinski definition) is 0. The largest absolute Gasteiger partial charge is 0.394 e. The highest BCUT2D eigenvalue weighted by atomic mass is 28.4. The van der Waals surface area contributed by atoms with Crippen LogP contribution in [0.3, 0.4) is 0 Å². The minimum absolute atomic E-state index is 0.365. The maximum absolute atomic E-state index is 6.41. The average Bonchev–Trinajstić information content (AvgIpc) is 2.47. The van der Waals surface area contributed by atoms with Gasteiger partial charge in [0.15, 0.2) is 0 Å². The predicted molar refractivity (Wildman–Crippen MR) is 91.5 cm³/mol. The Bertz CT molecular complexity index is 205. The lowest BCUT2D eigenvalue weighted by Gasteiger charge is -2.32. The van der Waals surface area contributed by atoms with Crippen molar-refractivity contribution in [3.63, 3.8) is 0 Å². The monoisotopic (exact) mass is 302 g/mol. The van der Waals surface area contributed by atoms with Gasteiger partial charge in [-0.1, -0.05) is 66.2 Å². The molecule has 2 nitrogen and oxygen atoms in total. The third-order valence-corrected chi connectivity index (χ3v) is 7.79. The molecule has 0 amide bonds. The third-order valence-electron chi connectivity index (χ3n) is 4.07. The summed E-state index contributed by atoms with van der Waals surface area (Å²) in [5, 5.41) is 0. The number of rotatable bonds is 14. The van der Waals surface area contributed by atoms with Gasteiger partial charge in [0, 0.05) is 12.7 Å². The highest BCUT2D eigenvalue weighted by molar-refractivity contribution is 6.67. The van der Waals surface area contributed by atoms with E-state index in [1.807, 2.05) is 0 Å². The number of unbranched alkanes of at least 4 members (excludes halogenated alkanes) is 5. The van der Waals surface area contributed by atoms with E-state index in [1.54, 1.807) is 0 Å². The summed E-state index contributed by atoms with van der Waals surface area (Å²) in [5.41, 5.74) is 0. The standard InChI is InChI=1S/C17H38O2Si/c1-6-10-12-13-15-17(5)19-20(8-3,9-4)18-16-14-11-7-2/h17H,6-16H2,1-5H3. The van der Waals surface area contributed by atoms with E-state index < -0.39 is 8.56 Å². The molecule has 0 aromatic rings. The van der Waals surface area contributed by atoms with Gasteiger partial charge in [-0.25, -0.2) is 0 Å². The molecule has 1 unspecified atom stereocenters. The van der Waals surface area contributed by atoms with Gasteiger partial charge >= 0.3 is 8.56 Å². The van der Waals surface area contributed by atoms with Crippen molar-refractivity contribution in [1.29, 1.82) is 0 Å². The van der Waals surface area contributed by atoms with E-state index in [9.17, 15) is 0 Å². The van der Waals surface area contributed by atoms with E-state index in [0.717, 1.165) is 18.7 Å². The molecule has 0 aliphatic rings. The quantitative estimate of drug-likeness (QED) is 0.287. The maximum atomic E-state index is 6.41. The highest BCUT2D eigenvalue weighted by Gasteiger charge is 2.35. The van der Waals surface area contributed by atoms with E-state index in [-0.39, 0.29) is 0 Å². The lowest BCUT2D eigenvalue weighted by Crippen LogP contribution is -2.43. The topological polar surface area (TPSA) is 18.5 Å². The van der Waals surface area contributed by atoms with Crippen molar-refractivity contribution < 1.29 is 8.85 Å². The molecule has 0 aromatic heterocycles. The zero-order valence-corrected chi connectivity index (χ0v) is 15.7. The van der Waals surface area contributed by atoms with Gasteiger partial charge in [-0.2, -0.15) is 0 Å². The van der Waals surface area contributed by atoms with Crippen molar-refractivity contribution in [3.8, 4) is 0 Å². The van der Waals surface area contributed by atoms with Crippen LogP contribution in [0, 0.1) is 0 Å². The van der Waals surface area contributed by atoms with E-state index in [0.29, 0.717) is 6.10 Å².